The molecule has 0 saturated carbocycles. The van der Waals surface area contributed by atoms with Crippen LogP contribution in [0, 0.1) is 11.6 Å². The van der Waals surface area contributed by atoms with E-state index in [1.165, 1.54) is 0 Å². The third-order valence-electron chi connectivity index (χ3n) is 3.24. The lowest BCUT2D eigenvalue weighted by molar-refractivity contribution is 0.0977. The molecule has 0 unspecified atom stereocenters. The molecule has 0 fully saturated rings. The largest absolute Gasteiger partial charge is 0.449 e. The third kappa shape index (κ3) is 2.64. The number of halogens is 2. The van der Waals surface area contributed by atoms with Gasteiger partial charge in [0, 0.05) is 10.9 Å². The first kappa shape index (κ1) is 14.7. The zero-order valence-electron chi connectivity index (χ0n) is 11.6. The molecule has 0 bridgehead atoms. The monoisotopic (exact) mass is 316 g/mol. The molecule has 0 radical (unpaired) electrons. The Hall–Kier alpha value is -3.22. The standard InChI is InChI=1S/C16H10F2N2O3/c17-10-6-5-8(7-11(10)18)16(22)20-13-9-3-1-2-4-12(9)23-14(13)15(19)21/h1-7H,(H2,19,21)(H,20,22). The molecule has 2 amide bonds. The van der Waals surface area contributed by atoms with Crippen molar-refractivity contribution in [1.29, 1.82) is 0 Å². The first-order valence-electron chi connectivity index (χ1n) is 6.55. The fourth-order valence-corrected chi connectivity index (χ4v) is 2.17. The Kier molecular flexibility index (Phi) is 3.53. The molecule has 7 heteroatoms. The number of hydrogen-bond acceptors (Lipinski definition) is 3. The number of benzene rings is 2. The van der Waals surface area contributed by atoms with Gasteiger partial charge in [-0.3, -0.25) is 9.59 Å². The lowest BCUT2D eigenvalue weighted by Crippen LogP contribution is -2.17. The summed E-state index contributed by atoms with van der Waals surface area (Å²) in [5.41, 5.74) is 5.59. The minimum atomic E-state index is -1.15. The molecule has 1 heterocycles. The summed E-state index contributed by atoms with van der Waals surface area (Å²) in [6, 6.07) is 9.35. The number of carbonyl (C=O) groups excluding carboxylic acids is 2. The number of furan rings is 1. The van der Waals surface area contributed by atoms with Crippen LogP contribution in [0.25, 0.3) is 11.0 Å². The van der Waals surface area contributed by atoms with Crippen molar-refractivity contribution < 1.29 is 22.8 Å². The Morgan fingerprint density at radius 1 is 1.04 bits per heavy atom. The van der Waals surface area contributed by atoms with Crippen LogP contribution in [0.2, 0.25) is 0 Å². The van der Waals surface area contributed by atoms with E-state index in [1.807, 2.05) is 0 Å². The van der Waals surface area contributed by atoms with Gasteiger partial charge in [-0.2, -0.15) is 0 Å². The molecule has 2 aromatic carbocycles. The molecule has 0 aliphatic heterocycles. The van der Waals surface area contributed by atoms with Gasteiger partial charge in [-0.1, -0.05) is 12.1 Å². The second-order valence-corrected chi connectivity index (χ2v) is 4.75. The number of hydrogen-bond donors (Lipinski definition) is 2. The molecule has 1 aromatic heterocycles. The van der Waals surface area contributed by atoms with Crippen molar-refractivity contribution in [3.8, 4) is 0 Å². The Balaban J connectivity index is 2.03. The number of carbonyl (C=O) groups is 2. The van der Waals surface area contributed by atoms with Crippen LogP contribution in [-0.4, -0.2) is 11.8 Å². The van der Waals surface area contributed by atoms with Crippen LogP contribution in [0.3, 0.4) is 0 Å². The first-order valence-corrected chi connectivity index (χ1v) is 6.55. The quantitative estimate of drug-likeness (QED) is 0.778. The predicted octanol–water partition coefficient (Wildman–Crippen LogP) is 3.06. The number of fused-ring (bicyclic) bond motifs is 1. The van der Waals surface area contributed by atoms with Crippen LogP contribution in [0.4, 0.5) is 14.5 Å². The summed E-state index contributed by atoms with van der Waals surface area (Å²) in [5.74, 6) is -4.01. The molecular weight excluding hydrogens is 306 g/mol. The van der Waals surface area contributed by atoms with E-state index >= 15 is 0 Å². The van der Waals surface area contributed by atoms with Crippen molar-refractivity contribution in [3.05, 3.63) is 65.4 Å². The van der Waals surface area contributed by atoms with Crippen LogP contribution in [0.5, 0.6) is 0 Å². The summed E-state index contributed by atoms with van der Waals surface area (Å²) < 4.78 is 31.5. The second kappa shape index (κ2) is 5.53. The fraction of sp³-hybridized carbons (Fsp3) is 0. The van der Waals surface area contributed by atoms with Gasteiger partial charge in [0.25, 0.3) is 11.8 Å². The molecule has 5 nitrogen and oxygen atoms in total. The van der Waals surface area contributed by atoms with Gasteiger partial charge >= 0.3 is 0 Å². The van der Waals surface area contributed by atoms with E-state index in [4.69, 9.17) is 10.2 Å². The van der Waals surface area contributed by atoms with E-state index in [1.54, 1.807) is 24.3 Å². The lowest BCUT2D eigenvalue weighted by Gasteiger charge is -2.05. The molecule has 0 saturated heterocycles. The summed E-state index contributed by atoms with van der Waals surface area (Å²) >= 11 is 0. The molecule has 3 rings (SSSR count). The summed E-state index contributed by atoms with van der Waals surface area (Å²) in [4.78, 5) is 23.7. The van der Waals surface area contributed by atoms with Gasteiger partial charge in [0.05, 0.1) is 0 Å². The van der Waals surface area contributed by atoms with Gasteiger partial charge in [0.1, 0.15) is 11.3 Å². The molecule has 0 spiro atoms. The first-order chi connectivity index (χ1) is 11.0. The van der Waals surface area contributed by atoms with Crippen LogP contribution in [0.1, 0.15) is 20.9 Å². The molecule has 0 aliphatic carbocycles. The Bertz CT molecular complexity index is 934. The van der Waals surface area contributed by atoms with E-state index in [0.717, 1.165) is 18.2 Å². The Labute approximate surface area is 128 Å². The lowest BCUT2D eigenvalue weighted by atomic mass is 10.1. The third-order valence-corrected chi connectivity index (χ3v) is 3.24. The zero-order chi connectivity index (χ0) is 16.6. The molecule has 116 valence electrons. The minimum absolute atomic E-state index is 0.0860. The van der Waals surface area contributed by atoms with Gasteiger partial charge in [-0.05, 0) is 30.3 Å². The molecule has 0 atom stereocenters. The number of rotatable bonds is 3. The predicted molar refractivity (Wildman–Crippen MR) is 79.0 cm³/mol. The van der Waals surface area contributed by atoms with Crippen LogP contribution >= 0.6 is 0 Å². The van der Waals surface area contributed by atoms with Crippen molar-refractivity contribution in [1.82, 2.24) is 0 Å². The number of primary amides is 1. The fourth-order valence-electron chi connectivity index (χ4n) is 2.17. The van der Waals surface area contributed by atoms with Crippen LogP contribution in [0.15, 0.2) is 46.9 Å². The van der Waals surface area contributed by atoms with Crippen molar-refractivity contribution in [2.75, 3.05) is 5.32 Å². The SMILES string of the molecule is NC(=O)c1oc2ccccc2c1NC(=O)c1ccc(F)c(F)c1. The minimum Gasteiger partial charge on any atom is -0.449 e. The smallest absolute Gasteiger partial charge is 0.286 e. The van der Waals surface area contributed by atoms with Crippen LogP contribution < -0.4 is 11.1 Å². The summed E-state index contributed by atoms with van der Waals surface area (Å²) in [6.07, 6.45) is 0. The number of amides is 2. The van der Waals surface area contributed by atoms with Crippen LogP contribution in [-0.2, 0) is 0 Å². The maximum atomic E-state index is 13.2. The number of anilines is 1. The number of nitrogens with one attached hydrogen (secondary N) is 1. The van der Waals surface area contributed by atoms with E-state index in [-0.39, 0.29) is 17.0 Å². The zero-order valence-corrected chi connectivity index (χ0v) is 11.6. The van der Waals surface area contributed by atoms with E-state index in [0.29, 0.717) is 11.0 Å². The molecular formula is C16H10F2N2O3. The maximum Gasteiger partial charge on any atom is 0.286 e. The van der Waals surface area contributed by atoms with E-state index < -0.39 is 23.4 Å². The van der Waals surface area contributed by atoms with Gasteiger partial charge in [0.2, 0.25) is 5.76 Å². The maximum absolute atomic E-state index is 13.2. The second-order valence-electron chi connectivity index (χ2n) is 4.75. The highest BCUT2D eigenvalue weighted by atomic mass is 19.2. The molecule has 0 aliphatic rings. The normalized spacial score (nSPS) is 10.7. The van der Waals surface area contributed by atoms with Crippen molar-refractivity contribution in [2.45, 2.75) is 0 Å². The topological polar surface area (TPSA) is 85.3 Å². The average Bonchev–Trinajstić information content (AvgIpc) is 2.89. The molecule has 3 aromatic rings. The van der Waals surface area contributed by atoms with Gasteiger partial charge < -0.3 is 15.5 Å². The van der Waals surface area contributed by atoms with Crippen molar-refractivity contribution >= 4 is 28.5 Å². The van der Waals surface area contributed by atoms with E-state index in [9.17, 15) is 18.4 Å². The summed E-state index contributed by atoms with van der Waals surface area (Å²) in [6.45, 7) is 0. The highest BCUT2D eigenvalue weighted by Crippen LogP contribution is 2.31. The van der Waals surface area contributed by atoms with Crippen molar-refractivity contribution in [3.63, 3.8) is 0 Å². The van der Waals surface area contributed by atoms with Gasteiger partial charge in [-0.15, -0.1) is 0 Å². The Morgan fingerprint density at radius 2 is 1.78 bits per heavy atom. The highest BCUT2D eigenvalue weighted by Gasteiger charge is 2.21. The highest BCUT2D eigenvalue weighted by molar-refractivity contribution is 6.14. The Morgan fingerprint density at radius 3 is 2.48 bits per heavy atom. The van der Waals surface area contributed by atoms with E-state index in [2.05, 4.69) is 5.32 Å². The number of nitrogens with two attached hydrogens (primary N) is 1. The molecule has 3 N–H and O–H groups in total. The number of para-hydroxylation sites is 1. The van der Waals surface area contributed by atoms with Gasteiger partial charge in [0.15, 0.2) is 11.6 Å². The molecule has 23 heavy (non-hydrogen) atoms. The summed E-state index contributed by atoms with van der Waals surface area (Å²) in [7, 11) is 0. The summed E-state index contributed by atoms with van der Waals surface area (Å²) in [5, 5.41) is 2.92. The van der Waals surface area contributed by atoms with Crippen molar-refractivity contribution in [2.24, 2.45) is 5.73 Å². The average molecular weight is 316 g/mol. The van der Waals surface area contributed by atoms with Gasteiger partial charge in [-0.25, -0.2) is 8.78 Å².